The number of rotatable bonds is 3. The summed E-state index contributed by atoms with van der Waals surface area (Å²) in [6.45, 7) is 3.45. The normalized spacial score (nSPS) is 33.0. The van der Waals surface area contributed by atoms with Crippen molar-refractivity contribution in [1.82, 2.24) is 10.2 Å². The molecule has 1 aromatic heterocycles. The van der Waals surface area contributed by atoms with Crippen molar-refractivity contribution in [2.24, 2.45) is 0 Å². The van der Waals surface area contributed by atoms with Crippen molar-refractivity contribution < 1.29 is 28.8 Å². The van der Waals surface area contributed by atoms with E-state index in [4.69, 9.17) is 18.9 Å². The topological polar surface area (TPSA) is 103 Å². The second-order valence-electron chi connectivity index (χ2n) is 5.63. The van der Waals surface area contributed by atoms with Crippen molar-refractivity contribution in [2.75, 3.05) is 13.7 Å². The summed E-state index contributed by atoms with van der Waals surface area (Å²) in [5.74, 6) is -1.27. The van der Waals surface area contributed by atoms with Gasteiger partial charge in [-0.05, 0) is 36.4 Å². The molecule has 2 aliphatic heterocycles. The van der Waals surface area contributed by atoms with Gasteiger partial charge in [0, 0.05) is 0 Å². The Morgan fingerprint density at radius 3 is 2.77 bits per heavy atom. The van der Waals surface area contributed by atoms with Crippen LogP contribution < -0.4 is 0 Å². The summed E-state index contributed by atoms with van der Waals surface area (Å²) in [6.07, 6.45) is -1.74. The number of carbonyl (C=O) groups is 1. The van der Waals surface area contributed by atoms with Crippen LogP contribution in [-0.4, -0.2) is 59.1 Å². The largest absolute Gasteiger partial charge is 0.464 e. The molecule has 0 aliphatic carbocycles. The van der Waals surface area contributed by atoms with Crippen molar-refractivity contribution in [3.63, 3.8) is 0 Å². The Bertz CT molecular complexity index is 589. The van der Waals surface area contributed by atoms with Crippen molar-refractivity contribution >= 4 is 28.6 Å². The molecule has 4 atom stereocenters. The first kappa shape index (κ1) is 16.1. The van der Waals surface area contributed by atoms with Crippen LogP contribution in [0, 0.1) is 3.57 Å². The maximum atomic E-state index is 11.7. The number of H-pyrrole nitrogens is 1. The smallest absolute Gasteiger partial charge is 0.359 e. The second-order valence-corrected chi connectivity index (χ2v) is 6.71. The van der Waals surface area contributed by atoms with E-state index in [0.717, 1.165) is 0 Å². The number of methoxy groups -OCH3 is 1. The zero-order chi connectivity index (χ0) is 16.1. The Hall–Kier alpha value is -0.750. The standard InChI is InChI=1S/C13H17IN2O6/c1-13(2)21-9-5(4-17)20-10(11(9)22-13)7-6(14)8(16-15-7)12(18)19-3/h5,9-11,17H,4H2,1-3H3,(H,15,16)/t5-,9-,10+,11-/m1/s1. The van der Waals surface area contributed by atoms with Gasteiger partial charge in [0.25, 0.3) is 0 Å². The van der Waals surface area contributed by atoms with Crippen molar-refractivity contribution in [3.05, 3.63) is 15.0 Å². The van der Waals surface area contributed by atoms with Crippen LogP contribution in [0.15, 0.2) is 0 Å². The Morgan fingerprint density at radius 1 is 1.45 bits per heavy atom. The molecule has 22 heavy (non-hydrogen) atoms. The molecular weight excluding hydrogens is 407 g/mol. The monoisotopic (exact) mass is 424 g/mol. The van der Waals surface area contributed by atoms with Gasteiger partial charge in [0.05, 0.1) is 23.0 Å². The fraction of sp³-hybridized carbons (Fsp3) is 0.692. The van der Waals surface area contributed by atoms with Crippen molar-refractivity contribution in [1.29, 1.82) is 0 Å². The molecule has 9 heteroatoms. The minimum Gasteiger partial charge on any atom is -0.464 e. The molecule has 0 amide bonds. The van der Waals surface area contributed by atoms with E-state index in [-0.39, 0.29) is 24.5 Å². The van der Waals surface area contributed by atoms with E-state index < -0.39 is 24.0 Å². The molecule has 2 N–H and O–H groups in total. The molecule has 1 aromatic rings. The first-order chi connectivity index (χ1) is 10.4. The highest BCUT2D eigenvalue weighted by Gasteiger charge is 2.56. The van der Waals surface area contributed by atoms with Gasteiger partial charge >= 0.3 is 5.97 Å². The fourth-order valence-electron chi connectivity index (χ4n) is 2.82. The van der Waals surface area contributed by atoms with Crippen LogP contribution >= 0.6 is 22.6 Å². The van der Waals surface area contributed by atoms with Crippen LogP contribution in [0.25, 0.3) is 0 Å². The maximum Gasteiger partial charge on any atom is 0.359 e. The summed E-state index contributed by atoms with van der Waals surface area (Å²) >= 11 is 2.01. The lowest BCUT2D eigenvalue weighted by atomic mass is 10.1. The van der Waals surface area contributed by atoms with Gasteiger partial charge in [-0.15, -0.1) is 0 Å². The van der Waals surface area contributed by atoms with Gasteiger partial charge in [0.15, 0.2) is 11.5 Å². The number of esters is 1. The molecule has 0 bridgehead atoms. The lowest BCUT2D eigenvalue weighted by Gasteiger charge is -2.23. The molecule has 2 fully saturated rings. The molecular formula is C13H17IN2O6. The first-order valence-corrected chi connectivity index (χ1v) is 7.90. The third-order valence-electron chi connectivity index (χ3n) is 3.73. The molecule has 0 aromatic carbocycles. The predicted molar refractivity (Wildman–Crippen MR) is 81.2 cm³/mol. The van der Waals surface area contributed by atoms with Crippen LogP contribution in [0.1, 0.15) is 36.1 Å². The van der Waals surface area contributed by atoms with Gasteiger partial charge < -0.3 is 24.1 Å². The van der Waals surface area contributed by atoms with E-state index in [9.17, 15) is 9.90 Å². The number of aromatic amines is 1. The Kier molecular flexibility index (Phi) is 4.18. The van der Waals surface area contributed by atoms with Crippen LogP contribution in [0.3, 0.4) is 0 Å². The Morgan fingerprint density at radius 2 is 2.14 bits per heavy atom. The summed E-state index contributed by atoms with van der Waals surface area (Å²) in [7, 11) is 1.30. The lowest BCUT2D eigenvalue weighted by molar-refractivity contribution is -0.191. The minimum absolute atomic E-state index is 0.175. The molecule has 0 spiro atoms. The summed E-state index contributed by atoms with van der Waals surface area (Å²) in [5.41, 5.74) is 0.817. The maximum absolute atomic E-state index is 11.7. The quantitative estimate of drug-likeness (QED) is 0.546. The highest BCUT2D eigenvalue weighted by molar-refractivity contribution is 14.1. The van der Waals surface area contributed by atoms with E-state index in [2.05, 4.69) is 10.2 Å². The number of fused-ring (bicyclic) bond motifs is 1. The predicted octanol–water partition coefficient (Wildman–Crippen LogP) is 0.753. The van der Waals surface area contributed by atoms with Crippen LogP contribution in [-0.2, 0) is 18.9 Å². The number of aliphatic hydroxyl groups is 1. The van der Waals surface area contributed by atoms with E-state index in [1.807, 2.05) is 36.4 Å². The zero-order valence-corrected chi connectivity index (χ0v) is 14.5. The SMILES string of the molecule is COC(=O)c1n[nH]c([C@@H]2O[C@H](CO)[C@H]3OC(C)(C)O[C@H]32)c1I. The lowest BCUT2D eigenvalue weighted by Crippen LogP contribution is -2.31. The highest BCUT2D eigenvalue weighted by Crippen LogP contribution is 2.45. The number of hydrogen-bond donors (Lipinski definition) is 2. The van der Waals surface area contributed by atoms with E-state index in [0.29, 0.717) is 9.26 Å². The highest BCUT2D eigenvalue weighted by atomic mass is 127. The molecule has 3 heterocycles. The van der Waals surface area contributed by atoms with Gasteiger partial charge in [0.2, 0.25) is 0 Å². The number of aliphatic hydroxyl groups excluding tert-OH is 1. The number of nitrogens with one attached hydrogen (secondary N) is 1. The number of carbonyl (C=O) groups excluding carboxylic acids is 1. The van der Waals surface area contributed by atoms with Gasteiger partial charge in [-0.1, -0.05) is 0 Å². The zero-order valence-electron chi connectivity index (χ0n) is 12.3. The third kappa shape index (κ3) is 2.54. The molecule has 122 valence electrons. The molecule has 2 aliphatic rings. The summed E-state index contributed by atoms with van der Waals surface area (Å²) in [4.78, 5) is 11.7. The first-order valence-electron chi connectivity index (χ1n) is 6.82. The molecule has 8 nitrogen and oxygen atoms in total. The molecule has 0 unspecified atom stereocenters. The average Bonchev–Trinajstić information content (AvgIpc) is 3.08. The number of aromatic nitrogens is 2. The van der Waals surface area contributed by atoms with Gasteiger partial charge in [0.1, 0.15) is 24.4 Å². The number of hydrogen-bond acceptors (Lipinski definition) is 7. The van der Waals surface area contributed by atoms with Gasteiger partial charge in [-0.3, -0.25) is 5.10 Å². The molecule has 2 saturated heterocycles. The Labute approximate surface area is 140 Å². The van der Waals surface area contributed by atoms with Crippen LogP contribution in [0.4, 0.5) is 0 Å². The van der Waals surface area contributed by atoms with Crippen LogP contribution in [0.5, 0.6) is 0 Å². The average molecular weight is 424 g/mol. The molecule has 3 rings (SSSR count). The fourth-order valence-corrected chi connectivity index (χ4v) is 3.59. The Balaban J connectivity index is 1.92. The summed E-state index contributed by atoms with van der Waals surface area (Å²) in [6, 6.07) is 0. The second kappa shape index (κ2) is 5.71. The number of nitrogens with zero attached hydrogens (tertiary/aromatic N) is 1. The number of halogens is 1. The van der Waals surface area contributed by atoms with Crippen molar-refractivity contribution in [3.8, 4) is 0 Å². The summed E-state index contributed by atoms with van der Waals surface area (Å²) in [5, 5.41) is 16.3. The minimum atomic E-state index is -0.749. The molecule has 0 saturated carbocycles. The number of ether oxygens (including phenoxy) is 4. The summed E-state index contributed by atoms with van der Waals surface area (Å²) < 4.78 is 22.8. The van der Waals surface area contributed by atoms with Crippen LogP contribution in [0.2, 0.25) is 0 Å². The van der Waals surface area contributed by atoms with Crippen molar-refractivity contribution in [2.45, 2.75) is 44.1 Å². The van der Waals surface area contributed by atoms with E-state index in [1.54, 1.807) is 0 Å². The van der Waals surface area contributed by atoms with Gasteiger partial charge in [-0.25, -0.2) is 4.79 Å². The van der Waals surface area contributed by atoms with E-state index in [1.165, 1.54) is 7.11 Å². The van der Waals surface area contributed by atoms with Gasteiger partial charge in [-0.2, -0.15) is 5.10 Å². The van der Waals surface area contributed by atoms with E-state index >= 15 is 0 Å². The molecule has 0 radical (unpaired) electrons. The third-order valence-corrected chi connectivity index (χ3v) is 4.82.